The van der Waals surface area contributed by atoms with Crippen LogP contribution in [0.2, 0.25) is 0 Å². The highest BCUT2D eigenvalue weighted by Gasteiger charge is 2.31. The summed E-state index contributed by atoms with van der Waals surface area (Å²) in [5.41, 5.74) is 0.164. The number of hydrogen-bond acceptors (Lipinski definition) is 1. The molecule has 0 amide bonds. The zero-order valence-corrected chi connectivity index (χ0v) is 11.4. The molecule has 0 aromatic heterocycles. The first-order chi connectivity index (χ1) is 9.86. The zero-order chi connectivity index (χ0) is 15.5. The first kappa shape index (κ1) is 15.4. The van der Waals surface area contributed by atoms with Crippen LogP contribution in [-0.2, 0) is 12.6 Å². The summed E-state index contributed by atoms with van der Waals surface area (Å²) in [4.78, 5) is 0. The summed E-state index contributed by atoms with van der Waals surface area (Å²) in [6, 6.07) is 12.0. The van der Waals surface area contributed by atoms with Gasteiger partial charge in [-0.2, -0.15) is 13.2 Å². The van der Waals surface area contributed by atoms with E-state index in [0.29, 0.717) is 12.5 Å². The van der Waals surface area contributed by atoms with Gasteiger partial charge in [-0.1, -0.05) is 30.3 Å². The molecule has 2 rings (SSSR count). The van der Waals surface area contributed by atoms with Gasteiger partial charge in [0.15, 0.2) is 0 Å². The van der Waals surface area contributed by atoms with Gasteiger partial charge in [0.05, 0.1) is 11.3 Å². The lowest BCUT2D eigenvalue weighted by Crippen LogP contribution is -2.19. The zero-order valence-electron chi connectivity index (χ0n) is 11.4. The van der Waals surface area contributed by atoms with Crippen molar-refractivity contribution in [2.75, 3.05) is 5.32 Å². The van der Waals surface area contributed by atoms with Gasteiger partial charge in [-0.15, -0.1) is 0 Å². The number of alkyl halides is 3. The van der Waals surface area contributed by atoms with E-state index in [1.54, 1.807) is 0 Å². The molecule has 112 valence electrons. The molecule has 0 bridgehead atoms. The van der Waals surface area contributed by atoms with E-state index in [-0.39, 0.29) is 11.7 Å². The van der Waals surface area contributed by atoms with Crippen LogP contribution in [0.4, 0.5) is 23.2 Å². The third kappa shape index (κ3) is 4.21. The lowest BCUT2D eigenvalue weighted by Gasteiger charge is -2.17. The van der Waals surface area contributed by atoms with Crippen molar-refractivity contribution >= 4 is 5.69 Å². The van der Waals surface area contributed by atoms with Gasteiger partial charge in [0, 0.05) is 6.04 Å². The van der Waals surface area contributed by atoms with Crippen molar-refractivity contribution in [3.63, 3.8) is 0 Å². The van der Waals surface area contributed by atoms with Crippen molar-refractivity contribution in [3.05, 3.63) is 65.5 Å². The molecule has 0 heterocycles. The van der Waals surface area contributed by atoms with Gasteiger partial charge in [0.1, 0.15) is 5.82 Å². The Hall–Kier alpha value is -2.04. The average Bonchev–Trinajstić information content (AvgIpc) is 2.41. The van der Waals surface area contributed by atoms with E-state index in [1.165, 1.54) is 0 Å². The molecular formula is C16H15F4N. The maximum atomic E-state index is 13.7. The van der Waals surface area contributed by atoms with Crippen LogP contribution in [0.3, 0.4) is 0 Å². The fourth-order valence-corrected chi connectivity index (χ4v) is 2.09. The normalized spacial score (nSPS) is 13.0. The Kier molecular flexibility index (Phi) is 4.50. The Morgan fingerprint density at radius 2 is 1.71 bits per heavy atom. The summed E-state index contributed by atoms with van der Waals surface area (Å²) in [5.74, 6) is -0.898. The Morgan fingerprint density at radius 3 is 2.29 bits per heavy atom. The van der Waals surface area contributed by atoms with E-state index in [4.69, 9.17) is 0 Å². The van der Waals surface area contributed by atoms with Crippen molar-refractivity contribution in [2.45, 2.75) is 25.6 Å². The van der Waals surface area contributed by atoms with Gasteiger partial charge in [0.25, 0.3) is 0 Å². The summed E-state index contributed by atoms with van der Waals surface area (Å²) in [6.45, 7) is 1.85. The van der Waals surface area contributed by atoms with E-state index in [9.17, 15) is 17.6 Å². The smallest absolute Gasteiger partial charge is 0.380 e. The minimum absolute atomic E-state index is 0.0754. The molecular weight excluding hydrogens is 282 g/mol. The van der Waals surface area contributed by atoms with E-state index < -0.39 is 17.6 Å². The van der Waals surface area contributed by atoms with Crippen molar-refractivity contribution in [2.24, 2.45) is 0 Å². The molecule has 0 aliphatic rings. The van der Waals surface area contributed by atoms with Crippen LogP contribution in [0.15, 0.2) is 48.5 Å². The summed E-state index contributed by atoms with van der Waals surface area (Å²) in [7, 11) is 0. The molecule has 0 radical (unpaired) electrons. The number of rotatable bonds is 4. The highest BCUT2D eigenvalue weighted by Crippen LogP contribution is 2.31. The van der Waals surface area contributed by atoms with Gasteiger partial charge in [-0.05, 0) is 37.1 Å². The van der Waals surface area contributed by atoms with Crippen molar-refractivity contribution in [3.8, 4) is 0 Å². The molecule has 0 aliphatic carbocycles. The molecule has 5 heteroatoms. The maximum Gasteiger partial charge on any atom is 0.416 e. The van der Waals surface area contributed by atoms with Gasteiger partial charge in [-0.3, -0.25) is 0 Å². The summed E-state index contributed by atoms with van der Waals surface area (Å²) in [6.07, 6.45) is -3.88. The number of anilines is 1. The first-order valence-corrected chi connectivity index (χ1v) is 6.53. The van der Waals surface area contributed by atoms with Crippen LogP contribution < -0.4 is 5.32 Å². The maximum absolute atomic E-state index is 13.7. The minimum Gasteiger partial charge on any atom is -0.380 e. The van der Waals surface area contributed by atoms with Gasteiger partial charge in [-0.25, -0.2) is 4.39 Å². The second kappa shape index (κ2) is 6.16. The number of hydrogen-bond donors (Lipinski definition) is 1. The lowest BCUT2D eigenvalue weighted by atomic mass is 10.1. The van der Waals surface area contributed by atoms with Crippen LogP contribution in [0.1, 0.15) is 18.1 Å². The van der Waals surface area contributed by atoms with Gasteiger partial charge < -0.3 is 5.32 Å². The van der Waals surface area contributed by atoms with Crippen LogP contribution in [0.25, 0.3) is 0 Å². The third-order valence-electron chi connectivity index (χ3n) is 3.08. The summed E-state index contributed by atoms with van der Waals surface area (Å²) >= 11 is 0. The second-order valence-electron chi connectivity index (χ2n) is 4.93. The molecule has 1 nitrogen and oxygen atoms in total. The molecule has 0 aliphatic heterocycles. The van der Waals surface area contributed by atoms with Crippen molar-refractivity contribution in [1.29, 1.82) is 0 Å². The summed E-state index contributed by atoms with van der Waals surface area (Å²) < 4.78 is 51.1. The van der Waals surface area contributed by atoms with Crippen LogP contribution in [-0.4, -0.2) is 6.04 Å². The lowest BCUT2D eigenvalue weighted by molar-refractivity contribution is -0.137. The topological polar surface area (TPSA) is 12.0 Å². The van der Waals surface area contributed by atoms with E-state index in [1.807, 2.05) is 37.3 Å². The van der Waals surface area contributed by atoms with Crippen molar-refractivity contribution in [1.82, 2.24) is 0 Å². The third-order valence-corrected chi connectivity index (χ3v) is 3.08. The predicted octanol–water partition coefficient (Wildman–Crippen LogP) is 4.89. The fourth-order valence-electron chi connectivity index (χ4n) is 2.09. The van der Waals surface area contributed by atoms with Crippen LogP contribution in [0.5, 0.6) is 0 Å². The summed E-state index contributed by atoms with van der Waals surface area (Å²) in [5, 5.41) is 2.89. The molecule has 0 saturated carbocycles. The number of benzene rings is 2. The second-order valence-corrected chi connectivity index (χ2v) is 4.93. The average molecular weight is 297 g/mol. The Morgan fingerprint density at radius 1 is 1.05 bits per heavy atom. The van der Waals surface area contributed by atoms with Crippen LogP contribution >= 0.6 is 0 Å². The van der Waals surface area contributed by atoms with E-state index in [0.717, 1.165) is 17.7 Å². The van der Waals surface area contributed by atoms with E-state index in [2.05, 4.69) is 5.32 Å². The highest BCUT2D eigenvalue weighted by molar-refractivity contribution is 5.47. The molecule has 0 spiro atoms. The molecule has 1 atom stereocenters. The molecule has 2 aromatic carbocycles. The van der Waals surface area contributed by atoms with Gasteiger partial charge in [0.2, 0.25) is 0 Å². The predicted molar refractivity (Wildman–Crippen MR) is 74.6 cm³/mol. The molecule has 1 N–H and O–H groups in total. The number of halogens is 4. The largest absolute Gasteiger partial charge is 0.416 e. The number of nitrogens with one attached hydrogen (secondary N) is 1. The quantitative estimate of drug-likeness (QED) is 0.792. The molecule has 0 saturated heterocycles. The Labute approximate surface area is 120 Å². The van der Waals surface area contributed by atoms with E-state index >= 15 is 0 Å². The SMILES string of the molecule is CC(Cc1ccccc1)Nc1ccc(C(F)(F)F)cc1F. The minimum atomic E-state index is -4.53. The Bertz CT molecular complexity index is 593. The van der Waals surface area contributed by atoms with Gasteiger partial charge >= 0.3 is 6.18 Å². The fraction of sp³-hybridized carbons (Fsp3) is 0.250. The standard InChI is InChI=1S/C16H15F4N/c1-11(9-12-5-3-2-4-6-12)21-15-8-7-13(10-14(15)17)16(18,19)20/h2-8,10-11,21H,9H2,1H3. The molecule has 0 fully saturated rings. The van der Waals surface area contributed by atoms with Crippen molar-refractivity contribution < 1.29 is 17.6 Å². The van der Waals surface area contributed by atoms with Crippen LogP contribution in [0, 0.1) is 5.82 Å². The molecule has 21 heavy (non-hydrogen) atoms. The first-order valence-electron chi connectivity index (χ1n) is 6.53. The Balaban J connectivity index is 2.06. The monoisotopic (exact) mass is 297 g/mol. The highest BCUT2D eigenvalue weighted by atomic mass is 19.4. The molecule has 2 aromatic rings. The molecule has 1 unspecified atom stereocenters.